The summed E-state index contributed by atoms with van der Waals surface area (Å²) in [6.45, 7) is 6.08. The third-order valence-electron chi connectivity index (χ3n) is 7.83. The van der Waals surface area contributed by atoms with Gasteiger partial charge in [0.15, 0.2) is 6.10 Å². The van der Waals surface area contributed by atoms with Crippen molar-refractivity contribution in [3.63, 3.8) is 0 Å². The van der Waals surface area contributed by atoms with Gasteiger partial charge in [-0.1, -0.05) is 161 Å². The van der Waals surface area contributed by atoms with Crippen LogP contribution in [-0.2, 0) is 28.6 Å². The summed E-state index contributed by atoms with van der Waals surface area (Å²) in [7, 11) is 0. The first-order valence-corrected chi connectivity index (χ1v) is 20.8. The van der Waals surface area contributed by atoms with Gasteiger partial charge < -0.3 is 14.2 Å². The Labute approximate surface area is 334 Å². The summed E-state index contributed by atoms with van der Waals surface area (Å²) in [6.07, 6.45) is 58.8. The van der Waals surface area contributed by atoms with Crippen LogP contribution >= 0.6 is 0 Å². The van der Waals surface area contributed by atoms with Gasteiger partial charge in [0.1, 0.15) is 13.2 Å². The zero-order chi connectivity index (χ0) is 40.1. The van der Waals surface area contributed by atoms with Crippen molar-refractivity contribution in [3.05, 3.63) is 134 Å². The lowest BCUT2D eigenvalue weighted by Gasteiger charge is -2.18. The van der Waals surface area contributed by atoms with Gasteiger partial charge in [-0.3, -0.25) is 14.4 Å². The van der Waals surface area contributed by atoms with Gasteiger partial charge in [-0.05, 0) is 89.9 Å². The summed E-state index contributed by atoms with van der Waals surface area (Å²) in [4.78, 5) is 37.5. The van der Waals surface area contributed by atoms with Crippen LogP contribution in [0, 0.1) is 0 Å². The van der Waals surface area contributed by atoms with Crippen LogP contribution in [0.1, 0.15) is 136 Å². The Morgan fingerprint density at radius 3 is 1.22 bits per heavy atom. The summed E-state index contributed by atoms with van der Waals surface area (Å²) in [5.74, 6) is -1.07. The Kier molecular flexibility index (Phi) is 38.9. The normalized spacial score (nSPS) is 13.4. The summed E-state index contributed by atoms with van der Waals surface area (Å²) in [5, 5.41) is 0. The molecule has 0 fully saturated rings. The predicted octanol–water partition coefficient (Wildman–Crippen LogP) is 13.2. The summed E-state index contributed by atoms with van der Waals surface area (Å²) in [6, 6.07) is 0. The zero-order valence-corrected chi connectivity index (χ0v) is 34.4. The maximum absolute atomic E-state index is 12.6. The standard InChI is InChI=1S/C49H72O6/c1-4-7-10-13-16-19-20-21-22-23-24-25-26-27-28-31-33-36-39-42-48(51)54-45-46(55-49(52)43-40-37-34-30-18-15-12-9-6-3)44-53-47(50)41-38-35-32-29-17-14-11-8-5-2/h7-13,16-30,46H,4-6,14-15,31-45H2,1-3H3/b10-7-,11-8-,12-9-,16-13-,20-19-,22-21-,24-23+,26-25-,28-27-,29-17-,30-18-. The van der Waals surface area contributed by atoms with E-state index in [-0.39, 0.29) is 44.0 Å². The van der Waals surface area contributed by atoms with Crippen molar-refractivity contribution < 1.29 is 28.6 Å². The molecule has 0 aromatic heterocycles. The lowest BCUT2D eigenvalue weighted by Crippen LogP contribution is -2.30. The molecule has 1 unspecified atom stereocenters. The molecular weight excluding hydrogens is 685 g/mol. The third-order valence-corrected chi connectivity index (χ3v) is 7.83. The molecule has 304 valence electrons. The maximum atomic E-state index is 12.6. The second-order valence-electron chi connectivity index (χ2n) is 12.9. The number of hydrogen-bond acceptors (Lipinski definition) is 6. The minimum absolute atomic E-state index is 0.130. The molecular formula is C49H72O6. The average Bonchev–Trinajstić information content (AvgIpc) is 3.18. The molecule has 0 aliphatic carbocycles. The van der Waals surface area contributed by atoms with Gasteiger partial charge in [-0.15, -0.1) is 0 Å². The van der Waals surface area contributed by atoms with Crippen LogP contribution in [0.5, 0.6) is 0 Å². The number of allylic oxidation sites excluding steroid dienone is 22. The van der Waals surface area contributed by atoms with E-state index in [1.165, 1.54) is 0 Å². The number of ether oxygens (including phenoxy) is 3. The van der Waals surface area contributed by atoms with Gasteiger partial charge in [-0.25, -0.2) is 0 Å². The Bertz CT molecular complexity index is 1280. The molecule has 0 heterocycles. The van der Waals surface area contributed by atoms with Crippen LogP contribution in [0.3, 0.4) is 0 Å². The van der Waals surface area contributed by atoms with Crippen LogP contribution in [0.15, 0.2) is 134 Å². The van der Waals surface area contributed by atoms with E-state index < -0.39 is 6.10 Å². The second kappa shape index (κ2) is 42.3. The van der Waals surface area contributed by atoms with Gasteiger partial charge in [0.25, 0.3) is 0 Å². The number of carbonyl (C=O) groups is 3. The Balaban J connectivity index is 4.52. The predicted molar refractivity (Wildman–Crippen MR) is 232 cm³/mol. The molecule has 0 aliphatic rings. The number of unbranched alkanes of at least 4 members (excludes halogenated alkanes) is 7. The minimum atomic E-state index is -0.828. The molecule has 0 N–H and O–H groups in total. The third kappa shape index (κ3) is 40.6. The largest absolute Gasteiger partial charge is 0.462 e. The summed E-state index contributed by atoms with van der Waals surface area (Å²) in [5.41, 5.74) is 0. The highest BCUT2D eigenvalue weighted by Gasteiger charge is 2.19. The highest BCUT2D eigenvalue weighted by atomic mass is 16.6. The van der Waals surface area contributed by atoms with Gasteiger partial charge in [0.05, 0.1) is 0 Å². The van der Waals surface area contributed by atoms with Crippen molar-refractivity contribution in [3.8, 4) is 0 Å². The van der Waals surface area contributed by atoms with Crippen LogP contribution in [0.25, 0.3) is 0 Å². The van der Waals surface area contributed by atoms with Gasteiger partial charge in [0, 0.05) is 19.3 Å². The van der Waals surface area contributed by atoms with Crippen molar-refractivity contribution in [2.75, 3.05) is 13.2 Å². The summed E-state index contributed by atoms with van der Waals surface area (Å²) < 4.78 is 16.5. The molecule has 0 spiro atoms. The first kappa shape index (κ1) is 50.5. The lowest BCUT2D eigenvalue weighted by molar-refractivity contribution is -0.167. The molecule has 6 nitrogen and oxygen atoms in total. The lowest BCUT2D eigenvalue weighted by atomic mass is 10.1. The number of hydrogen-bond donors (Lipinski definition) is 0. The fourth-order valence-corrected chi connectivity index (χ4v) is 4.79. The first-order valence-electron chi connectivity index (χ1n) is 20.8. The quantitative estimate of drug-likeness (QED) is 0.0214. The number of carbonyl (C=O) groups excluding carboxylic acids is 3. The molecule has 0 saturated heterocycles. The molecule has 0 amide bonds. The first-order chi connectivity index (χ1) is 27.0. The van der Waals surface area contributed by atoms with Crippen LogP contribution in [0.4, 0.5) is 0 Å². The maximum Gasteiger partial charge on any atom is 0.306 e. The van der Waals surface area contributed by atoms with Crippen molar-refractivity contribution in [1.82, 2.24) is 0 Å². The van der Waals surface area contributed by atoms with E-state index in [4.69, 9.17) is 14.2 Å². The zero-order valence-electron chi connectivity index (χ0n) is 34.4. The number of rotatable bonds is 34. The molecule has 0 radical (unpaired) electrons. The van der Waals surface area contributed by atoms with E-state index >= 15 is 0 Å². The van der Waals surface area contributed by atoms with E-state index in [0.717, 1.165) is 77.0 Å². The highest BCUT2D eigenvalue weighted by Crippen LogP contribution is 2.10. The van der Waals surface area contributed by atoms with Gasteiger partial charge >= 0.3 is 17.9 Å². The van der Waals surface area contributed by atoms with E-state index in [2.05, 4.69) is 81.5 Å². The van der Waals surface area contributed by atoms with Crippen molar-refractivity contribution in [1.29, 1.82) is 0 Å². The molecule has 0 saturated carbocycles. The molecule has 0 aromatic carbocycles. The fourth-order valence-electron chi connectivity index (χ4n) is 4.79. The Morgan fingerprint density at radius 2 is 0.745 bits per heavy atom. The van der Waals surface area contributed by atoms with Crippen molar-refractivity contribution in [2.24, 2.45) is 0 Å². The molecule has 0 bridgehead atoms. The monoisotopic (exact) mass is 757 g/mol. The van der Waals surface area contributed by atoms with E-state index in [0.29, 0.717) is 25.7 Å². The minimum Gasteiger partial charge on any atom is -0.462 e. The van der Waals surface area contributed by atoms with Crippen molar-refractivity contribution in [2.45, 2.75) is 142 Å². The van der Waals surface area contributed by atoms with Crippen LogP contribution < -0.4 is 0 Å². The Morgan fingerprint density at radius 1 is 0.382 bits per heavy atom. The summed E-state index contributed by atoms with van der Waals surface area (Å²) >= 11 is 0. The fraction of sp³-hybridized carbons (Fsp3) is 0.490. The highest BCUT2D eigenvalue weighted by molar-refractivity contribution is 5.71. The Hall–Kier alpha value is -4.45. The van der Waals surface area contributed by atoms with Crippen LogP contribution in [0.2, 0.25) is 0 Å². The molecule has 0 rings (SSSR count). The van der Waals surface area contributed by atoms with Gasteiger partial charge in [-0.2, -0.15) is 0 Å². The van der Waals surface area contributed by atoms with E-state index in [9.17, 15) is 14.4 Å². The molecule has 0 aliphatic heterocycles. The second-order valence-corrected chi connectivity index (χ2v) is 12.9. The molecule has 55 heavy (non-hydrogen) atoms. The average molecular weight is 757 g/mol. The van der Waals surface area contributed by atoms with E-state index in [1.807, 2.05) is 72.9 Å². The topological polar surface area (TPSA) is 78.9 Å². The van der Waals surface area contributed by atoms with E-state index in [1.54, 1.807) is 0 Å². The number of esters is 3. The molecule has 0 aromatic rings. The molecule has 1 atom stereocenters. The van der Waals surface area contributed by atoms with Crippen LogP contribution in [-0.4, -0.2) is 37.2 Å². The van der Waals surface area contributed by atoms with Gasteiger partial charge in [0.2, 0.25) is 0 Å². The molecule has 6 heteroatoms. The SMILES string of the molecule is CC\C=C/C=C\C=C/C=C\C=C\C=C/C=C\CCCCCC(=O)OCC(COC(=O)CCCC/C=C\C/C=C\CC)OC(=O)CCCC/C=C\C/C=C\CC. The smallest absolute Gasteiger partial charge is 0.306 e. The van der Waals surface area contributed by atoms with Crippen molar-refractivity contribution >= 4 is 17.9 Å².